The van der Waals surface area contributed by atoms with Crippen LogP contribution >= 0.6 is 0 Å². The van der Waals surface area contributed by atoms with Gasteiger partial charge in [-0.3, -0.25) is 9.59 Å². The Balaban J connectivity index is 1.33. The van der Waals surface area contributed by atoms with Crippen LogP contribution in [-0.2, 0) is 16.0 Å². The molecule has 0 saturated heterocycles. The Labute approximate surface area is 263 Å². The number of hydrogen-bond donors (Lipinski definition) is 4. The standard InChI is InChI=1S/C35H42N2O8/c1-3-4-5-6-7-19-44-28-16-14-25(15-17-28)35(42)45-30-18-11-23(21-31(30)43-2)20-29(34(40)41)37-33(39)26-9-8-10-27(22-26)36-32(38)24-12-13-24/h8-11,14-18,21-22,24,29,35,42H,3-7,12-13,19-20H2,1-2H3,(H,36,38)(H,37,39)(H,40,41). The number of anilines is 1. The molecule has 1 fully saturated rings. The van der Waals surface area contributed by atoms with Crippen LogP contribution in [0.15, 0.2) is 66.7 Å². The summed E-state index contributed by atoms with van der Waals surface area (Å²) in [5.41, 5.74) is 1.81. The first-order valence-corrected chi connectivity index (χ1v) is 15.5. The third-order valence-corrected chi connectivity index (χ3v) is 7.53. The van der Waals surface area contributed by atoms with Gasteiger partial charge in [0, 0.05) is 29.2 Å². The molecular formula is C35H42N2O8. The maximum absolute atomic E-state index is 12.9. The quantitative estimate of drug-likeness (QED) is 0.102. The summed E-state index contributed by atoms with van der Waals surface area (Å²) in [5.74, 6) is -0.584. The number of benzene rings is 3. The zero-order valence-corrected chi connectivity index (χ0v) is 25.8. The van der Waals surface area contributed by atoms with Crippen molar-refractivity contribution in [2.75, 3.05) is 19.0 Å². The van der Waals surface area contributed by atoms with Gasteiger partial charge in [0.05, 0.1) is 13.7 Å². The normalized spacial score (nSPS) is 13.8. The van der Waals surface area contributed by atoms with Crippen LogP contribution < -0.4 is 24.8 Å². The highest BCUT2D eigenvalue weighted by Gasteiger charge is 2.29. The molecule has 0 heterocycles. The van der Waals surface area contributed by atoms with E-state index < -0.39 is 24.2 Å². The molecule has 10 heteroatoms. The first-order chi connectivity index (χ1) is 21.8. The average Bonchev–Trinajstić information content (AvgIpc) is 3.89. The van der Waals surface area contributed by atoms with Crippen molar-refractivity contribution >= 4 is 23.5 Å². The molecule has 3 aromatic carbocycles. The number of methoxy groups -OCH3 is 1. The lowest BCUT2D eigenvalue weighted by molar-refractivity contribution is -0.139. The Hall–Kier alpha value is -4.57. The Morgan fingerprint density at radius 1 is 0.933 bits per heavy atom. The number of hydrogen-bond acceptors (Lipinski definition) is 7. The van der Waals surface area contributed by atoms with E-state index in [1.165, 1.54) is 32.4 Å². The Morgan fingerprint density at radius 2 is 1.69 bits per heavy atom. The molecule has 0 aromatic heterocycles. The van der Waals surface area contributed by atoms with Crippen molar-refractivity contribution < 1.29 is 38.8 Å². The summed E-state index contributed by atoms with van der Waals surface area (Å²) in [6, 6.07) is 17.0. The van der Waals surface area contributed by atoms with Gasteiger partial charge in [0.25, 0.3) is 5.91 Å². The van der Waals surface area contributed by atoms with Gasteiger partial charge >= 0.3 is 5.97 Å². The first-order valence-electron chi connectivity index (χ1n) is 15.5. The monoisotopic (exact) mass is 618 g/mol. The lowest BCUT2D eigenvalue weighted by Crippen LogP contribution is -2.42. The van der Waals surface area contributed by atoms with Crippen LogP contribution in [0.5, 0.6) is 17.2 Å². The van der Waals surface area contributed by atoms with E-state index >= 15 is 0 Å². The number of carbonyl (C=O) groups excluding carboxylic acids is 2. The topological polar surface area (TPSA) is 143 Å². The van der Waals surface area contributed by atoms with Crippen molar-refractivity contribution in [3.63, 3.8) is 0 Å². The molecule has 0 radical (unpaired) electrons. The summed E-state index contributed by atoms with van der Waals surface area (Å²) in [6.45, 7) is 2.83. The van der Waals surface area contributed by atoms with Crippen molar-refractivity contribution in [1.82, 2.24) is 5.32 Å². The second kappa shape index (κ2) is 16.5. The maximum Gasteiger partial charge on any atom is 0.326 e. The van der Waals surface area contributed by atoms with Crippen molar-refractivity contribution in [1.29, 1.82) is 0 Å². The highest BCUT2D eigenvalue weighted by molar-refractivity contribution is 5.99. The molecule has 0 bridgehead atoms. The van der Waals surface area contributed by atoms with Crippen molar-refractivity contribution in [2.45, 2.75) is 70.6 Å². The van der Waals surface area contributed by atoms with Gasteiger partial charge in [0.15, 0.2) is 11.5 Å². The summed E-state index contributed by atoms with van der Waals surface area (Å²) >= 11 is 0. The molecule has 0 aliphatic heterocycles. The number of nitrogens with one attached hydrogen (secondary N) is 2. The van der Waals surface area contributed by atoms with Gasteiger partial charge in [-0.2, -0.15) is 0 Å². The molecule has 2 atom stereocenters. The SMILES string of the molecule is CCCCCCCOc1ccc(C(O)Oc2ccc(CC(NC(=O)c3cccc(NC(=O)C4CC4)c3)C(=O)O)cc2OC)cc1. The number of unbranched alkanes of at least 4 members (excludes halogenated alkanes) is 4. The second-order valence-electron chi connectivity index (χ2n) is 11.2. The van der Waals surface area contributed by atoms with Crippen molar-refractivity contribution in [3.05, 3.63) is 83.4 Å². The van der Waals surface area contributed by atoms with Gasteiger partial charge in [0.2, 0.25) is 12.2 Å². The van der Waals surface area contributed by atoms with Crippen LogP contribution in [0.25, 0.3) is 0 Å². The molecular weight excluding hydrogens is 576 g/mol. The van der Waals surface area contributed by atoms with Crippen LogP contribution in [-0.4, -0.2) is 47.8 Å². The van der Waals surface area contributed by atoms with Crippen LogP contribution in [0.2, 0.25) is 0 Å². The van der Waals surface area contributed by atoms with E-state index in [1.807, 2.05) is 0 Å². The molecule has 4 N–H and O–H groups in total. The van der Waals surface area contributed by atoms with E-state index in [9.17, 15) is 24.6 Å². The largest absolute Gasteiger partial charge is 0.494 e. The number of amides is 2. The van der Waals surface area contributed by atoms with Crippen LogP contribution in [0, 0.1) is 5.92 Å². The molecule has 240 valence electrons. The molecule has 3 aromatic rings. The number of carboxylic acid groups (broad SMARTS) is 1. The minimum absolute atomic E-state index is 0.0112. The van der Waals surface area contributed by atoms with Crippen LogP contribution in [0.1, 0.15) is 79.6 Å². The van der Waals surface area contributed by atoms with Crippen molar-refractivity contribution in [3.8, 4) is 17.2 Å². The molecule has 4 rings (SSSR count). The molecule has 45 heavy (non-hydrogen) atoms. The Bertz CT molecular complexity index is 1440. The maximum atomic E-state index is 12.9. The van der Waals surface area contributed by atoms with Gasteiger partial charge in [-0.25, -0.2) is 4.79 Å². The molecule has 2 amide bonds. The molecule has 1 saturated carbocycles. The lowest BCUT2D eigenvalue weighted by atomic mass is 10.0. The van der Waals surface area contributed by atoms with E-state index in [2.05, 4.69) is 17.6 Å². The fraction of sp³-hybridized carbons (Fsp3) is 0.400. The minimum Gasteiger partial charge on any atom is -0.494 e. The van der Waals surface area contributed by atoms with E-state index in [0.29, 0.717) is 29.2 Å². The van der Waals surface area contributed by atoms with Gasteiger partial charge < -0.3 is 35.1 Å². The molecule has 1 aliphatic carbocycles. The smallest absolute Gasteiger partial charge is 0.326 e. The summed E-state index contributed by atoms with van der Waals surface area (Å²) in [4.78, 5) is 37.1. The van der Waals surface area contributed by atoms with Crippen LogP contribution in [0.4, 0.5) is 5.69 Å². The van der Waals surface area contributed by atoms with Gasteiger partial charge in [-0.05, 0) is 79.4 Å². The summed E-state index contributed by atoms with van der Waals surface area (Å²) in [6.07, 6.45) is 6.19. The summed E-state index contributed by atoms with van der Waals surface area (Å²) in [7, 11) is 1.44. The van der Waals surface area contributed by atoms with E-state index in [4.69, 9.17) is 14.2 Å². The van der Waals surface area contributed by atoms with Gasteiger partial charge in [-0.1, -0.05) is 44.7 Å². The fourth-order valence-electron chi connectivity index (χ4n) is 4.75. The molecule has 2 unspecified atom stereocenters. The number of carboxylic acids is 1. The number of aliphatic hydroxyl groups excluding tert-OH is 1. The minimum atomic E-state index is -1.27. The van der Waals surface area contributed by atoms with Gasteiger partial charge in [-0.15, -0.1) is 0 Å². The second-order valence-corrected chi connectivity index (χ2v) is 11.2. The van der Waals surface area contributed by atoms with E-state index in [1.54, 1.807) is 60.7 Å². The lowest BCUT2D eigenvalue weighted by Gasteiger charge is -2.19. The highest BCUT2D eigenvalue weighted by atomic mass is 16.6. The zero-order chi connectivity index (χ0) is 32.2. The molecule has 1 aliphatic rings. The third-order valence-electron chi connectivity index (χ3n) is 7.53. The van der Waals surface area contributed by atoms with Crippen molar-refractivity contribution in [2.24, 2.45) is 5.92 Å². The summed E-state index contributed by atoms with van der Waals surface area (Å²) < 4.78 is 17.0. The third kappa shape index (κ3) is 10.2. The number of aliphatic carboxylic acids is 1. The highest BCUT2D eigenvalue weighted by Crippen LogP contribution is 2.33. The fourth-order valence-corrected chi connectivity index (χ4v) is 4.75. The zero-order valence-electron chi connectivity index (χ0n) is 25.8. The molecule has 10 nitrogen and oxygen atoms in total. The average molecular weight is 619 g/mol. The Morgan fingerprint density at radius 3 is 2.38 bits per heavy atom. The van der Waals surface area contributed by atoms with E-state index in [-0.39, 0.29) is 29.6 Å². The number of rotatable bonds is 18. The van der Waals surface area contributed by atoms with Gasteiger partial charge in [0.1, 0.15) is 11.8 Å². The first kappa shape index (κ1) is 33.3. The number of aliphatic hydroxyl groups is 1. The predicted molar refractivity (Wildman–Crippen MR) is 170 cm³/mol. The number of carbonyl (C=O) groups is 3. The van der Waals surface area contributed by atoms with Crippen LogP contribution in [0.3, 0.4) is 0 Å². The predicted octanol–water partition coefficient (Wildman–Crippen LogP) is 5.89. The Kier molecular flexibility index (Phi) is 12.2. The molecule has 0 spiro atoms. The summed E-state index contributed by atoms with van der Waals surface area (Å²) in [5, 5.41) is 25.9. The van der Waals surface area contributed by atoms with E-state index in [0.717, 1.165) is 31.4 Å². The number of ether oxygens (including phenoxy) is 3.